The summed E-state index contributed by atoms with van der Waals surface area (Å²) in [6, 6.07) is 10.3. The predicted octanol–water partition coefficient (Wildman–Crippen LogP) is -0.998. The SMILES string of the molecule is C1=CC2=CC(c3ccccc3)=NC2=C1.C[C](C)=[Zr+2][C]1=CC=CC1.[Cl-].[Cl-]. The fraction of sp³-hybridized carbons (Fsp3) is 0.143. The standard InChI is InChI=1S/C13H9N.C5H5.C3H6.2ClH.Zr/c1-2-5-10(6-3-1)13-9-11-7-4-8-12(11)14-13;1-2-4-5-3-1;1-3-2;;;/h1-9H;1-3H,4H2;1-2H3;2*1H;/q;;;;;+2/p-2. The van der Waals surface area contributed by atoms with E-state index in [0.717, 1.165) is 11.4 Å². The number of aliphatic imine (C=N–C) groups is 1. The molecule has 0 aromatic heterocycles. The number of hydrogen-bond acceptors (Lipinski definition) is 1. The molecule has 3 aliphatic rings. The fourth-order valence-corrected chi connectivity index (χ4v) is 5.14. The van der Waals surface area contributed by atoms with Crippen molar-refractivity contribution in [3.63, 3.8) is 0 Å². The average molecular weight is 449 g/mol. The van der Waals surface area contributed by atoms with Crippen LogP contribution in [0.1, 0.15) is 25.8 Å². The first-order chi connectivity index (χ1) is 11.2. The van der Waals surface area contributed by atoms with E-state index in [9.17, 15) is 0 Å². The summed E-state index contributed by atoms with van der Waals surface area (Å²) in [6.07, 6.45) is 16.3. The van der Waals surface area contributed by atoms with Crippen molar-refractivity contribution in [3.8, 4) is 0 Å². The minimum absolute atomic E-state index is 0. The first kappa shape index (κ1) is 22.0. The van der Waals surface area contributed by atoms with Gasteiger partial charge in [-0.1, -0.05) is 42.5 Å². The Balaban J connectivity index is 0.000000252. The van der Waals surface area contributed by atoms with E-state index < -0.39 is 0 Å². The number of benzene rings is 1. The Morgan fingerprint density at radius 2 is 1.76 bits per heavy atom. The third kappa shape index (κ3) is 6.30. The molecular formula is C21H20Cl2NZr. The molecule has 25 heavy (non-hydrogen) atoms. The van der Waals surface area contributed by atoms with E-state index >= 15 is 0 Å². The second-order valence-electron chi connectivity index (χ2n) is 5.82. The van der Waals surface area contributed by atoms with Crippen LogP contribution in [0.3, 0.4) is 0 Å². The summed E-state index contributed by atoms with van der Waals surface area (Å²) >= 11 is -0.220. The van der Waals surface area contributed by atoms with Gasteiger partial charge < -0.3 is 24.8 Å². The van der Waals surface area contributed by atoms with Gasteiger partial charge in [-0.3, -0.25) is 0 Å². The van der Waals surface area contributed by atoms with Gasteiger partial charge in [0.2, 0.25) is 0 Å². The van der Waals surface area contributed by atoms with Gasteiger partial charge in [0.15, 0.2) is 0 Å². The zero-order valence-electron chi connectivity index (χ0n) is 14.3. The summed E-state index contributed by atoms with van der Waals surface area (Å²) in [5.74, 6) is 0. The fourth-order valence-electron chi connectivity index (χ4n) is 2.58. The van der Waals surface area contributed by atoms with Crippen molar-refractivity contribution in [2.75, 3.05) is 0 Å². The van der Waals surface area contributed by atoms with Gasteiger partial charge in [-0.05, 0) is 12.2 Å². The van der Waals surface area contributed by atoms with E-state index in [1.54, 1.807) is 6.49 Å². The Morgan fingerprint density at radius 1 is 1.00 bits per heavy atom. The topological polar surface area (TPSA) is 12.4 Å². The Labute approximate surface area is 173 Å². The van der Waals surface area contributed by atoms with Gasteiger partial charge in [0.05, 0.1) is 11.4 Å². The van der Waals surface area contributed by atoms with E-state index in [1.807, 2.05) is 30.4 Å². The van der Waals surface area contributed by atoms with Crippen LogP contribution >= 0.6 is 0 Å². The predicted molar refractivity (Wildman–Crippen MR) is 96.5 cm³/mol. The molecule has 0 N–H and O–H groups in total. The molecule has 0 spiro atoms. The summed E-state index contributed by atoms with van der Waals surface area (Å²) in [4.78, 5) is 4.54. The van der Waals surface area contributed by atoms with Crippen molar-refractivity contribution in [2.24, 2.45) is 4.99 Å². The molecule has 1 nitrogen and oxygen atoms in total. The zero-order chi connectivity index (χ0) is 16.1. The second-order valence-corrected chi connectivity index (χ2v) is 10.5. The van der Waals surface area contributed by atoms with Crippen molar-refractivity contribution < 1.29 is 47.6 Å². The van der Waals surface area contributed by atoms with E-state index in [1.165, 1.54) is 17.6 Å². The molecule has 0 amide bonds. The van der Waals surface area contributed by atoms with Gasteiger partial charge in [0.25, 0.3) is 0 Å². The van der Waals surface area contributed by atoms with Gasteiger partial charge in [-0.25, -0.2) is 4.99 Å². The molecule has 0 bridgehead atoms. The second kappa shape index (κ2) is 10.8. The summed E-state index contributed by atoms with van der Waals surface area (Å²) in [6.45, 7) is 4.51. The Kier molecular flexibility index (Phi) is 9.50. The Hall–Kier alpha value is -1.08. The summed E-state index contributed by atoms with van der Waals surface area (Å²) in [7, 11) is 0. The van der Waals surface area contributed by atoms with Gasteiger partial charge in [0.1, 0.15) is 0 Å². The number of fused-ring (bicyclic) bond motifs is 1. The normalized spacial score (nSPS) is 15.3. The molecule has 1 heterocycles. The minimum atomic E-state index is -0.220. The van der Waals surface area contributed by atoms with E-state index in [4.69, 9.17) is 0 Å². The van der Waals surface area contributed by atoms with Gasteiger partial charge in [-0.2, -0.15) is 0 Å². The number of halogens is 2. The Morgan fingerprint density at radius 3 is 2.36 bits per heavy atom. The first-order valence-electron chi connectivity index (χ1n) is 7.90. The summed E-state index contributed by atoms with van der Waals surface area (Å²) < 4.78 is 3.40. The molecular weight excluding hydrogens is 428 g/mol. The maximum Gasteiger partial charge on any atom is -1.00 e. The van der Waals surface area contributed by atoms with Crippen LogP contribution in [0, 0.1) is 0 Å². The average Bonchev–Trinajstić information content (AvgIpc) is 3.24. The molecule has 0 unspecified atom stereocenters. The molecule has 0 saturated carbocycles. The van der Waals surface area contributed by atoms with Crippen molar-refractivity contribution in [3.05, 3.63) is 93.0 Å². The third-order valence-electron chi connectivity index (χ3n) is 3.61. The van der Waals surface area contributed by atoms with Crippen LogP contribution in [0.25, 0.3) is 0 Å². The van der Waals surface area contributed by atoms with Gasteiger partial charge in [0, 0.05) is 11.1 Å². The van der Waals surface area contributed by atoms with Crippen molar-refractivity contribution >= 4 is 8.92 Å². The van der Waals surface area contributed by atoms with Crippen LogP contribution in [0.4, 0.5) is 0 Å². The van der Waals surface area contributed by atoms with Crippen LogP contribution in [0.2, 0.25) is 0 Å². The van der Waals surface area contributed by atoms with E-state index in [2.05, 4.69) is 61.4 Å². The molecule has 0 saturated heterocycles. The molecule has 1 aromatic carbocycles. The molecule has 1 aromatic rings. The van der Waals surface area contributed by atoms with Crippen molar-refractivity contribution in [1.29, 1.82) is 0 Å². The minimum Gasteiger partial charge on any atom is -1.00 e. The van der Waals surface area contributed by atoms with Gasteiger partial charge >= 0.3 is 67.7 Å². The summed E-state index contributed by atoms with van der Waals surface area (Å²) in [5.41, 5.74) is 4.56. The van der Waals surface area contributed by atoms with Crippen molar-refractivity contribution in [1.82, 2.24) is 0 Å². The van der Waals surface area contributed by atoms with Crippen molar-refractivity contribution in [2.45, 2.75) is 20.3 Å². The summed E-state index contributed by atoms with van der Waals surface area (Å²) in [5, 5.41) is 0. The monoisotopic (exact) mass is 446 g/mol. The molecule has 2 aliphatic carbocycles. The number of allylic oxidation sites excluding steroid dienone is 8. The molecule has 1 aliphatic heterocycles. The van der Waals surface area contributed by atoms with E-state index in [-0.39, 0.29) is 47.6 Å². The van der Waals surface area contributed by atoms with Crippen LogP contribution in [-0.4, -0.2) is 8.92 Å². The molecule has 127 valence electrons. The smallest absolute Gasteiger partial charge is 1.00 e. The Bertz CT molecular complexity index is 806. The van der Waals surface area contributed by atoms with Crippen LogP contribution in [0.5, 0.6) is 0 Å². The molecule has 0 atom stereocenters. The largest absolute Gasteiger partial charge is 1.00 e. The van der Waals surface area contributed by atoms with Crippen LogP contribution in [0.15, 0.2) is 92.4 Å². The first-order valence-corrected chi connectivity index (χ1v) is 10.4. The maximum absolute atomic E-state index is 4.54. The van der Waals surface area contributed by atoms with Gasteiger partial charge in [-0.15, -0.1) is 0 Å². The zero-order valence-corrected chi connectivity index (χ0v) is 18.3. The van der Waals surface area contributed by atoms with E-state index in [0.29, 0.717) is 0 Å². The molecule has 4 rings (SSSR count). The quantitative estimate of drug-likeness (QED) is 0.551. The number of nitrogens with zero attached hydrogens (tertiary/aromatic N) is 1. The van der Waals surface area contributed by atoms with Crippen LogP contribution < -0.4 is 24.8 Å². The molecule has 4 heteroatoms. The van der Waals surface area contributed by atoms with Crippen LogP contribution in [-0.2, 0) is 22.8 Å². The number of rotatable bonds is 2. The molecule has 0 radical (unpaired) electrons. The molecule has 0 fully saturated rings. The number of hydrogen-bond donors (Lipinski definition) is 0. The maximum atomic E-state index is 4.54. The third-order valence-corrected chi connectivity index (χ3v) is 6.54.